The lowest BCUT2D eigenvalue weighted by Gasteiger charge is -2.31. The summed E-state index contributed by atoms with van der Waals surface area (Å²) in [5.74, 6) is 0.810. The molecular formula is C39H28O2. The molecule has 0 bridgehead atoms. The highest BCUT2D eigenvalue weighted by Crippen LogP contribution is 2.55. The van der Waals surface area contributed by atoms with Crippen molar-refractivity contribution in [2.75, 3.05) is 0 Å². The molecule has 1 heterocycles. The van der Waals surface area contributed by atoms with Crippen molar-refractivity contribution in [3.05, 3.63) is 191 Å². The van der Waals surface area contributed by atoms with Crippen molar-refractivity contribution in [2.45, 2.75) is 12.2 Å². The molecule has 0 saturated carbocycles. The van der Waals surface area contributed by atoms with Crippen LogP contribution in [0, 0.1) is 0 Å². The maximum absolute atomic E-state index is 9.85. The summed E-state index contributed by atoms with van der Waals surface area (Å²) in [4.78, 5) is 0. The average molecular weight is 529 g/mol. The van der Waals surface area contributed by atoms with Crippen LogP contribution in [0.5, 0.6) is 5.75 Å². The molecule has 1 aliphatic rings. The third-order valence-electron chi connectivity index (χ3n) is 7.83. The molecule has 0 atom stereocenters. The Balaban J connectivity index is 1.68. The van der Waals surface area contributed by atoms with Gasteiger partial charge in [0.25, 0.3) is 0 Å². The first-order chi connectivity index (χ1) is 20.3. The van der Waals surface area contributed by atoms with Crippen LogP contribution in [0.1, 0.15) is 33.4 Å². The zero-order valence-corrected chi connectivity index (χ0v) is 22.5. The summed E-state index contributed by atoms with van der Waals surface area (Å²) in [7, 11) is 0. The molecule has 0 radical (unpaired) electrons. The van der Waals surface area contributed by atoms with Crippen LogP contribution in [-0.4, -0.2) is 5.11 Å². The molecule has 0 fully saturated rings. The molecule has 0 saturated heterocycles. The first-order valence-corrected chi connectivity index (χ1v) is 13.9. The second-order valence-corrected chi connectivity index (χ2v) is 10.3. The third-order valence-corrected chi connectivity index (χ3v) is 7.83. The van der Waals surface area contributed by atoms with E-state index in [2.05, 4.69) is 127 Å². The fourth-order valence-electron chi connectivity index (χ4n) is 5.91. The second kappa shape index (κ2) is 10.4. The second-order valence-electron chi connectivity index (χ2n) is 10.3. The van der Waals surface area contributed by atoms with Gasteiger partial charge in [-0.3, -0.25) is 0 Å². The number of benzene rings is 6. The Bertz CT molecular complexity index is 1820. The van der Waals surface area contributed by atoms with Gasteiger partial charge in [-0.05, 0) is 39.6 Å². The standard InChI is InChI=1S/C39H28O2/c40-27-28-21-23-34-31(25-28)22-24-37-38(34)36(26-35(29-13-5-1-6-14-29)30-15-7-2-8-16-30)39(41-37,32-17-9-3-10-18-32)33-19-11-4-12-20-33/h1-25,40H,27H2. The summed E-state index contributed by atoms with van der Waals surface area (Å²) in [6.07, 6.45) is 0. The summed E-state index contributed by atoms with van der Waals surface area (Å²) < 4.78 is 7.15. The van der Waals surface area contributed by atoms with Crippen molar-refractivity contribution < 1.29 is 9.84 Å². The fourth-order valence-corrected chi connectivity index (χ4v) is 5.91. The number of hydrogen-bond donors (Lipinski definition) is 1. The summed E-state index contributed by atoms with van der Waals surface area (Å²) in [6.45, 7) is -0.00372. The minimum atomic E-state index is -0.927. The van der Waals surface area contributed by atoms with E-state index in [4.69, 9.17) is 4.74 Å². The van der Waals surface area contributed by atoms with Crippen molar-refractivity contribution in [1.82, 2.24) is 0 Å². The van der Waals surface area contributed by atoms with Gasteiger partial charge < -0.3 is 9.84 Å². The van der Waals surface area contributed by atoms with Gasteiger partial charge >= 0.3 is 0 Å². The number of aliphatic hydroxyl groups excluding tert-OH is 1. The number of aliphatic hydroxyl groups is 1. The largest absolute Gasteiger partial charge is 0.472 e. The van der Waals surface area contributed by atoms with E-state index in [0.717, 1.165) is 61.0 Å². The van der Waals surface area contributed by atoms with E-state index in [1.54, 1.807) is 0 Å². The lowest BCUT2D eigenvalue weighted by Crippen LogP contribution is -2.31. The van der Waals surface area contributed by atoms with E-state index in [-0.39, 0.29) is 6.61 Å². The topological polar surface area (TPSA) is 29.5 Å². The first kappa shape index (κ1) is 24.9. The highest BCUT2D eigenvalue weighted by Gasteiger charge is 2.48. The average Bonchev–Trinajstić information content (AvgIpc) is 3.40. The monoisotopic (exact) mass is 528 g/mol. The van der Waals surface area contributed by atoms with Gasteiger partial charge in [0.1, 0.15) is 5.75 Å². The van der Waals surface area contributed by atoms with Gasteiger partial charge in [-0.2, -0.15) is 0 Å². The minimum absolute atomic E-state index is 0.00372. The predicted molar refractivity (Wildman–Crippen MR) is 166 cm³/mol. The quantitative estimate of drug-likeness (QED) is 0.227. The SMILES string of the molecule is OCc1ccc2c3c(ccc2c1)OC(c1ccccc1)(c1ccccc1)C3=C=C(c1ccccc1)c1ccccc1. The molecule has 41 heavy (non-hydrogen) atoms. The molecule has 0 unspecified atom stereocenters. The van der Waals surface area contributed by atoms with Gasteiger partial charge in [0.2, 0.25) is 0 Å². The van der Waals surface area contributed by atoms with Gasteiger partial charge in [-0.1, -0.05) is 140 Å². The van der Waals surface area contributed by atoms with E-state index in [1.165, 1.54) is 0 Å². The maximum atomic E-state index is 9.85. The molecule has 0 aromatic heterocycles. The molecule has 0 aliphatic carbocycles. The van der Waals surface area contributed by atoms with Crippen molar-refractivity contribution in [3.63, 3.8) is 0 Å². The summed E-state index contributed by atoms with van der Waals surface area (Å²) in [5, 5.41) is 12.0. The van der Waals surface area contributed by atoms with Gasteiger partial charge in [-0.15, -0.1) is 5.73 Å². The van der Waals surface area contributed by atoms with Crippen LogP contribution in [0.2, 0.25) is 0 Å². The molecule has 6 aromatic carbocycles. The zero-order valence-electron chi connectivity index (χ0n) is 22.5. The predicted octanol–water partition coefficient (Wildman–Crippen LogP) is 8.78. The molecule has 2 heteroatoms. The molecule has 0 amide bonds. The Labute approximate surface area is 240 Å². The van der Waals surface area contributed by atoms with Crippen molar-refractivity contribution in [3.8, 4) is 5.75 Å². The van der Waals surface area contributed by atoms with Crippen LogP contribution >= 0.6 is 0 Å². The highest BCUT2D eigenvalue weighted by molar-refractivity contribution is 6.03. The zero-order chi connectivity index (χ0) is 27.6. The minimum Gasteiger partial charge on any atom is -0.472 e. The van der Waals surface area contributed by atoms with Crippen LogP contribution in [0.3, 0.4) is 0 Å². The molecule has 6 aromatic rings. The van der Waals surface area contributed by atoms with Crippen LogP contribution < -0.4 is 4.74 Å². The van der Waals surface area contributed by atoms with E-state index >= 15 is 0 Å². The lowest BCUT2D eigenvalue weighted by atomic mass is 9.77. The normalized spacial score (nSPS) is 13.3. The molecular weight excluding hydrogens is 500 g/mol. The Morgan fingerprint density at radius 1 is 0.610 bits per heavy atom. The number of ether oxygens (including phenoxy) is 1. The van der Waals surface area contributed by atoms with Crippen molar-refractivity contribution >= 4 is 21.9 Å². The fraction of sp³-hybridized carbons (Fsp3) is 0.0513. The van der Waals surface area contributed by atoms with E-state index in [1.807, 2.05) is 30.3 Å². The van der Waals surface area contributed by atoms with Crippen LogP contribution in [0.15, 0.2) is 157 Å². The van der Waals surface area contributed by atoms with Gasteiger partial charge in [0.05, 0.1) is 12.2 Å². The molecule has 1 aliphatic heterocycles. The number of fused-ring (bicyclic) bond motifs is 3. The van der Waals surface area contributed by atoms with Crippen LogP contribution in [-0.2, 0) is 12.2 Å². The van der Waals surface area contributed by atoms with Gasteiger partial charge in [0.15, 0.2) is 5.60 Å². The molecule has 2 nitrogen and oxygen atoms in total. The van der Waals surface area contributed by atoms with E-state index < -0.39 is 5.60 Å². The summed E-state index contributed by atoms with van der Waals surface area (Å²) in [5.41, 5.74) is 11.1. The van der Waals surface area contributed by atoms with E-state index in [9.17, 15) is 5.11 Å². The van der Waals surface area contributed by atoms with Crippen LogP contribution in [0.4, 0.5) is 0 Å². The van der Waals surface area contributed by atoms with Gasteiger partial charge in [0, 0.05) is 22.3 Å². The van der Waals surface area contributed by atoms with E-state index in [0.29, 0.717) is 0 Å². The Kier molecular flexibility index (Phi) is 6.34. The number of rotatable bonds is 5. The highest BCUT2D eigenvalue weighted by atomic mass is 16.5. The smallest absolute Gasteiger partial charge is 0.192 e. The maximum Gasteiger partial charge on any atom is 0.192 e. The Hall–Kier alpha value is -5.14. The summed E-state index contributed by atoms with van der Waals surface area (Å²) in [6, 6.07) is 52.0. The number of hydrogen-bond acceptors (Lipinski definition) is 2. The van der Waals surface area contributed by atoms with Crippen LogP contribution in [0.25, 0.3) is 21.9 Å². The Morgan fingerprint density at radius 3 is 1.68 bits per heavy atom. The first-order valence-electron chi connectivity index (χ1n) is 13.9. The summed E-state index contributed by atoms with van der Waals surface area (Å²) >= 11 is 0. The third kappa shape index (κ3) is 4.27. The van der Waals surface area contributed by atoms with Gasteiger partial charge in [-0.25, -0.2) is 0 Å². The molecule has 7 rings (SSSR count). The lowest BCUT2D eigenvalue weighted by molar-refractivity contribution is 0.192. The Morgan fingerprint density at radius 2 is 1.15 bits per heavy atom. The van der Waals surface area contributed by atoms with Crippen molar-refractivity contribution in [1.29, 1.82) is 0 Å². The molecule has 0 spiro atoms. The molecule has 196 valence electrons. The van der Waals surface area contributed by atoms with Crippen molar-refractivity contribution in [2.24, 2.45) is 0 Å². The molecule has 1 N–H and O–H groups in total.